The van der Waals surface area contributed by atoms with E-state index in [2.05, 4.69) is 32.0 Å². The van der Waals surface area contributed by atoms with E-state index in [1.165, 1.54) is 158 Å². The van der Waals surface area contributed by atoms with E-state index in [0.717, 1.165) is 0 Å². The second-order valence-corrected chi connectivity index (χ2v) is 10.2. The zero-order valence-corrected chi connectivity index (χ0v) is 22.1. The Morgan fingerprint density at radius 3 is 1.00 bits per heavy atom. The summed E-state index contributed by atoms with van der Waals surface area (Å²) in [7, 11) is 0. The highest BCUT2D eigenvalue weighted by Gasteiger charge is 2.02. The van der Waals surface area contributed by atoms with Gasteiger partial charge < -0.3 is 5.73 Å². The third-order valence-corrected chi connectivity index (χ3v) is 6.99. The number of hydrogen-bond acceptors (Lipinski definition) is 1. The molecule has 0 heterocycles. The fourth-order valence-electron chi connectivity index (χ4n) is 4.88. The van der Waals surface area contributed by atoms with Crippen LogP contribution in [0.1, 0.15) is 159 Å². The van der Waals surface area contributed by atoms with Gasteiger partial charge in [-0.1, -0.05) is 148 Å². The van der Waals surface area contributed by atoms with Crippen molar-refractivity contribution >= 4 is 0 Å². The molecular weight excluding hydrogens is 386 g/mol. The minimum atomic E-state index is 0.677. The lowest BCUT2D eigenvalue weighted by Crippen LogP contribution is -2.00. The van der Waals surface area contributed by atoms with Gasteiger partial charge in [-0.3, -0.25) is 0 Å². The Morgan fingerprint density at radius 2 is 0.688 bits per heavy atom. The van der Waals surface area contributed by atoms with Crippen LogP contribution in [-0.4, -0.2) is 0 Å². The van der Waals surface area contributed by atoms with Gasteiger partial charge in [0.05, 0.1) is 0 Å². The Bertz CT molecular complexity index is 479. The van der Waals surface area contributed by atoms with Crippen LogP contribution >= 0.6 is 0 Å². The Kier molecular flexibility index (Phi) is 20.1. The average molecular weight is 444 g/mol. The van der Waals surface area contributed by atoms with Crippen molar-refractivity contribution in [3.8, 4) is 0 Å². The fourth-order valence-corrected chi connectivity index (χ4v) is 4.88. The molecule has 0 aliphatic rings. The zero-order valence-electron chi connectivity index (χ0n) is 22.1. The van der Waals surface area contributed by atoms with Crippen LogP contribution in [-0.2, 0) is 19.4 Å². The molecule has 186 valence electrons. The van der Waals surface area contributed by atoms with Crippen molar-refractivity contribution in [1.82, 2.24) is 0 Å². The quantitative estimate of drug-likeness (QED) is 0.167. The summed E-state index contributed by atoms with van der Waals surface area (Å²) < 4.78 is 0. The van der Waals surface area contributed by atoms with Crippen LogP contribution in [0.5, 0.6) is 0 Å². The monoisotopic (exact) mass is 443 g/mol. The number of unbranched alkanes of at least 4 members (excludes halogenated alkanes) is 18. The van der Waals surface area contributed by atoms with Gasteiger partial charge in [-0.05, 0) is 42.4 Å². The van der Waals surface area contributed by atoms with Crippen LogP contribution in [0.2, 0.25) is 0 Å². The van der Waals surface area contributed by atoms with Crippen molar-refractivity contribution in [3.05, 3.63) is 34.9 Å². The third-order valence-electron chi connectivity index (χ3n) is 6.99. The predicted molar refractivity (Wildman–Crippen MR) is 145 cm³/mol. The molecule has 32 heavy (non-hydrogen) atoms. The summed E-state index contributed by atoms with van der Waals surface area (Å²) in [5, 5.41) is 0. The van der Waals surface area contributed by atoms with Gasteiger partial charge in [-0.25, -0.2) is 0 Å². The molecule has 0 spiro atoms. The molecule has 2 N–H and O–H groups in total. The molecule has 0 saturated heterocycles. The van der Waals surface area contributed by atoms with Crippen LogP contribution in [0.15, 0.2) is 18.2 Å². The van der Waals surface area contributed by atoms with Crippen LogP contribution in [0.3, 0.4) is 0 Å². The molecular formula is C31H57N. The van der Waals surface area contributed by atoms with Gasteiger partial charge in [0.2, 0.25) is 0 Å². The minimum absolute atomic E-state index is 0.677. The minimum Gasteiger partial charge on any atom is -0.326 e. The van der Waals surface area contributed by atoms with E-state index in [0.29, 0.717) is 6.54 Å². The maximum absolute atomic E-state index is 5.99. The number of nitrogens with two attached hydrogens (primary N) is 1. The SMILES string of the molecule is CCCCCCCCCCCCc1cc(CN)cc(CCCCCCCCCCCC)c1. The second kappa shape index (κ2) is 22.0. The van der Waals surface area contributed by atoms with Gasteiger partial charge in [-0.2, -0.15) is 0 Å². The molecule has 0 bridgehead atoms. The zero-order chi connectivity index (χ0) is 23.1. The van der Waals surface area contributed by atoms with E-state index < -0.39 is 0 Å². The summed E-state index contributed by atoms with van der Waals surface area (Å²) in [6, 6.07) is 7.19. The highest BCUT2D eigenvalue weighted by molar-refractivity contribution is 5.30. The van der Waals surface area contributed by atoms with Gasteiger partial charge in [0.25, 0.3) is 0 Å². The van der Waals surface area contributed by atoms with E-state index in [4.69, 9.17) is 5.73 Å². The van der Waals surface area contributed by atoms with Crippen molar-refractivity contribution in [2.45, 2.75) is 162 Å². The number of aryl methyl sites for hydroxylation is 2. The van der Waals surface area contributed by atoms with Crippen LogP contribution in [0.25, 0.3) is 0 Å². The number of benzene rings is 1. The lowest BCUT2D eigenvalue weighted by atomic mass is 9.97. The highest BCUT2D eigenvalue weighted by Crippen LogP contribution is 2.18. The summed E-state index contributed by atoms with van der Waals surface area (Å²) in [6.45, 7) is 5.27. The third kappa shape index (κ3) is 16.8. The van der Waals surface area contributed by atoms with Crippen molar-refractivity contribution in [2.24, 2.45) is 5.73 Å². The Hall–Kier alpha value is -0.820. The topological polar surface area (TPSA) is 26.0 Å². The summed E-state index contributed by atoms with van der Waals surface area (Å²) in [4.78, 5) is 0. The molecule has 0 aliphatic heterocycles. The molecule has 1 nitrogen and oxygen atoms in total. The molecule has 0 amide bonds. The largest absolute Gasteiger partial charge is 0.326 e. The molecule has 0 unspecified atom stereocenters. The lowest BCUT2D eigenvalue weighted by Gasteiger charge is -2.10. The highest BCUT2D eigenvalue weighted by atomic mass is 14.5. The fraction of sp³-hybridized carbons (Fsp3) is 0.806. The first-order valence-electron chi connectivity index (χ1n) is 14.6. The average Bonchev–Trinajstić information content (AvgIpc) is 2.81. The second-order valence-electron chi connectivity index (χ2n) is 10.2. The maximum Gasteiger partial charge on any atom is 0.0178 e. The van der Waals surface area contributed by atoms with Crippen molar-refractivity contribution in [1.29, 1.82) is 0 Å². The van der Waals surface area contributed by atoms with E-state index in [-0.39, 0.29) is 0 Å². The van der Waals surface area contributed by atoms with E-state index in [9.17, 15) is 0 Å². The number of hydrogen-bond donors (Lipinski definition) is 1. The van der Waals surface area contributed by atoms with E-state index >= 15 is 0 Å². The normalized spacial score (nSPS) is 11.3. The summed E-state index contributed by atoms with van der Waals surface area (Å²) in [6.07, 6.45) is 30.7. The molecule has 0 aliphatic carbocycles. The molecule has 0 fully saturated rings. The molecule has 0 atom stereocenters. The molecule has 1 heteroatoms. The van der Waals surface area contributed by atoms with Crippen LogP contribution in [0.4, 0.5) is 0 Å². The summed E-state index contributed by atoms with van der Waals surface area (Å²) in [5.74, 6) is 0. The standard InChI is InChI=1S/C31H57N/c1-3-5-7-9-11-13-15-17-19-21-23-29-25-30(27-31(26-29)28-32)24-22-20-18-16-14-12-10-8-6-4-2/h25-27H,3-24,28,32H2,1-2H3. The van der Waals surface area contributed by atoms with Gasteiger partial charge >= 0.3 is 0 Å². The Labute approximate surface area is 202 Å². The number of rotatable bonds is 23. The maximum atomic E-state index is 5.99. The van der Waals surface area contributed by atoms with Crippen LogP contribution in [0, 0.1) is 0 Å². The first kappa shape index (κ1) is 29.2. The molecule has 1 aromatic rings. The van der Waals surface area contributed by atoms with E-state index in [1.54, 1.807) is 0 Å². The first-order chi connectivity index (χ1) is 15.8. The molecule has 1 aromatic carbocycles. The molecule has 1 rings (SSSR count). The van der Waals surface area contributed by atoms with Gasteiger partial charge in [-0.15, -0.1) is 0 Å². The summed E-state index contributed by atoms with van der Waals surface area (Å²) >= 11 is 0. The molecule has 0 radical (unpaired) electrons. The molecule has 0 saturated carbocycles. The van der Waals surface area contributed by atoms with Gasteiger partial charge in [0, 0.05) is 6.54 Å². The lowest BCUT2D eigenvalue weighted by molar-refractivity contribution is 0.555. The van der Waals surface area contributed by atoms with Crippen molar-refractivity contribution < 1.29 is 0 Å². The van der Waals surface area contributed by atoms with E-state index in [1.807, 2.05) is 0 Å². The van der Waals surface area contributed by atoms with Crippen molar-refractivity contribution in [2.75, 3.05) is 0 Å². The summed E-state index contributed by atoms with van der Waals surface area (Å²) in [5.41, 5.74) is 10.4. The van der Waals surface area contributed by atoms with Crippen LogP contribution < -0.4 is 5.73 Å². The molecule has 0 aromatic heterocycles. The van der Waals surface area contributed by atoms with Gasteiger partial charge in [0.1, 0.15) is 0 Å². The Morgan fingerprint density at radius 1 is 0.406 bits per heavy atom. The van der Waals surface area contributed by atoms with Crippen molar-refractivity contribution in [3.63, 3.8) is 0 Å². The van der Waals surface area contributed by atoms with Gasteiger partial charge in [0.15, 0.2) is 0 Å². The first-order valence-corrected chi connectivity index (χ1v) is 14.6. The Balaban J connectivity index is 2.13. The predicted octanol–water partition coefficient (Wildman–Crippen LogP) is 10.1. The smallest absolute Gasteiger partial charge is 0.0178 e.